The maximum Gasteiger partial charge on any atom is 0.305 e. The second-order valence-electron chi connectivity index (χ2n) is 7.07. The molecule has 0 amide bonds. The lowest BCUT2D eigenvalue weighted by atomic mass is 10.1. The van der Waals surface area contributed by atoms with Gasteiger partial charge in [0.25, 0.3) is 0 Å². The molecule has 0 heterocycles. The van der Waals surface area contributed by atoms with Crippen LogP contribution in [0.4, 0.5) is 0 Å². The van der Waals surface area contributed by atoms with Crippen molar-refractivity contribution in [3.8, 4) is 0 Å². The summed E-state index contributed by atoms with van der Waals surface area (Å²) in [5.74, 6) is -0.0318. The maximum absolute atomic E-state index is 11.7. The normalized spacial score (nSPS) is 11.0. The summed E-state index contributed by atoms with van der Waals surface area (Å²) in [6, 6.07) is 0. The Bertz CT molecular complexity index is 304. The van der Waals surface area contributed by atoms with Crippen LogP contribution in [0.5, 0.6) is 0 Å². The molecule has 0 spiro atoms. The van der Waals surface area contributed by atoms with E-state index in [0.717, 1.165) is 51.7 Å². The van der Waals surface area contributed by atoms with Crippen LogP contribution < -0.4 is 0 Å². The zero-order valence-electron chi connectivity index (χ0n) is 17.1. The van der Waals surface area contributed by atoms with Crippen molar-refractivity contribution in [1.82, 2.24) is 4.90 Å². The van der Waals surface area contributed by atoms with E-state index < -0.39 is 0 Å². The Kier molecular flexibility index (Phi) is 18.8. The first-order valence-electron chi connectivity index (χ1n) is 10.7. The number of esters is 1. The molecule has 0 fully saturated rings. The van der Waals surface area contributed by atoms with Crippen LogP contribution in [-0.4, -0.2) is 37.1 Å². The summed E-state index contributed by atoms with van der Waals surface area (Å²) < 4.78 is 5.28. The number of ether oxygens (including phenoxy) is 1. The van der Waals surface area contributed by atoms with Crippen LogP contribution in [0.3, 0.4) is 0 Å². The van der Waals surface area contributed by atoms with Crippen LogP contribution >= 0.6 is 0 Å². The highest BCUT2D eigenvalue weighted by atomic mass is 16.5. The molecule has 0 unspecified atom stereocenters. The summed E-state index contributed by atoms with van der Waals surface area (Å²) in [6.45, 7) is 12.0. The second kappa shape index (κ2) is 19.5. The predicted molar refractivity (Wildman–Crippen MR) is 109 cm³/mol. The van der Waals surface area contributed by atoms with Crippen LogP contribution in [-0.2, 0) is 9.53 Å². The Balaban J connectivity index is 3.75. The van der Waals surface area contributed by atoms with Gasteiger partial charge in [-0.15, -0.1) is 6.58 Å². The van der Waals surface area contributed by atoms with Crippen LogP contribution in [0.25, 0.3) is 0 Å². The van der Waals surface area contributed by atoms with Crippen LogP contribution in [0.2, 0.25) is 0 Å². The first-order valence-corrected chi connectivity index (χ1v) is 10.7. The Morgan fingerprint density at radius 3 is 2.12 bits per heavy atom. The van der Waals surface area contributed by atoms with Crippen molar-refractivity contribution in [2.24, 2.45) is 0 Å². The van der Waals surface area contributed by atoms with Gasteiger partial charge in [-0.3, -0.25) is 4.79 Å². The van der Waals surface area contributed by atoms with Gasteiger partial charge in [0.2, 0.25) is 0 Å². The molecule has 148 valence electrons. The third-order valence-corrected chi connectivity index (χ3v) is 4.59. The molecule has 0 saturated heterocycles. The highest BCUT2D eigenvalue weighted by Gasteiger charge is 2.07. The van der Waals surface area contributed by atoms with Crippen LogP contribution in [0.15, 0.2) is 12.7 Å². The summed E-state index contributed by atoms with van der Waals surface area (Å²) >= 11 is 0. The fraction of sp³-hybridized carbons (Fsp3) is 0.864. The highest BCUT2D eigenvalue weighted by Crippen LogP contribution is 2.09. The summed E-state index contributed by atoms with van der Waals surface area (Å²) in [6.07, 6.45) is 17.2. The minimum Gasteiger partial charge on any atom is -0.466 e. The molecule has 0 rings (SSSR count). The van der Waals surface area contributed by atoms with Gasteiger partial charge in [-0.1, -0.05) is 71.3 Å². The van der Waals surface area contributed by atoms with Crippen molar-refractivity contribution in [3.63, 3.8) is 0 Å². The highest BCUT2D eigenvalue weighted by molar-refractivity contribution is 5.69. The summed E-state index contributed by atoms with van der Waals surface area (Å²) in [5.41, 5.74) is 0. The molecule has 0 atom stereocenters. The summed E-state index contributed by atoms with van der Waals surface area (Å²) in [4.78, 5) is 14.2. The van der Waals surface area contributed by atoms with Crippen molar-refractivity contribution in [3.05, 3.63) is 12.7 Å². The molecule has 0 aliphatic heterocycles. The maximum atomic E-state index is 11.7. The van der Waals surface area contributed by atoms with E-state index in [1.165, 1.54) is 44.9 Å². The number of carbonyl (C=O) groups excluding carboxylic acids is 1. The van der Waals surface area contributed by atoms with Gasteiger partial charge in [0.15, 0.2) is 0 Å². The monoisotopic (exact) mass is 353 g/mol. The van der Waals surface area contributed by atoms with Crippen LogP contribution in [0.1, 0.15) is 97.3 Å². The number of unbranched alkanes of at least 4 members (excludes halogenated alkanes) is 8. The number of rotatable bonds is 19. The molecule has 0 aromatic rings. The molecule has 0 radical (unpaired) electrons. The van der Waals surface area contributed by atoms with E-state index in [4.69, 9.17) is 4.74 Å². The predicted octanol–water partition coefficient (Wildman–Crippen LogP) is 6.13. The molecule has 0 bridgehead atoms. The largest absolute Gasteiger partial charge is 0.466 e. The SMILES string of the molecule is C=CCCN(CCCCCCCCC)CCCC(=O)OCCCCC. The van der Waals surface area contributed by atoms with Crippen molar-refractivity contribution in [2.75, 3.05) is 26.2 Å². The third-order valence-electron chi connectivity index (χ3n) is 4.59. The zero-order valence-corrected chi connectivity index (χ0v) is 17.1. The topological polar surface area (TPSA) is 29.5 Å². The number of hydrogen-bond acceptors (Lipinski definition) is 3. The Hall–Kier alpha value is -0.830. The number of nitrogens with zero attached hydrogens (tertiary/aromatic N) is 1. The van der Waals surface area contributed by atoms with E-state index in [0.29, 0.717) is 13.0 Å². The molecular formula is C22H43NO2. The number of carbonyl (C=O) groups is 1. The Labute approximate surface area is 157 Å². The minimum absolute atomic E-state index is 0.0318. The molecule has 0 N–H and O–H groups in total. The van der Waals surface area contributed by atoms with E-state index >= 15 is 0 Å². The lowest BCUT2D eigenvalue weighted by Crippen LogP contribution is -2.27. The van der Waals surface area contributed by atoms with Gasteiger partial charge in [-0.05, 0) is 38.8 Å². The van der Waals surface area contributed by atoms with Gasteiger partial charge in [0, 0.05) is 13.0 Å². The Morgan fingerprint density at radius 2 is 1.44 bits per heavy atom. The molecule has 3 heteroatoms. The fourth-order valence-corrected chi connectivity index (χ4v) is 2.96. The van der Waals surface area contributed by atoms with Crippen molar-refractivity contribution in [1.29, 1.82) is 0 Å². The van der Waals surface area contributed by atoms with E-state index in [-0.39, 0.29) is 5.97 Å². The molecule has 25 heavy (non-hydrogen) atoms. The minimum atomic E-state index is -0.0318. The Morgan fingerprint density at radius 1 is 0.840 bits per heavy atom. The van der Waals surface area contributed by atoms with Gasteiger partial charge in [0.05, 0.1) is 6.61 Å². The summed E-state index contributed by atoms with van der Waals surface area (Å²) in [7, 11) is 0. The molecule has 0 aromatic carbocycles. The fourth-order valence-electron chi connectivity index (χ4n) is 2.96. The lowest BCUT2D eigenvalue weighted by Gasteiger charge is -2.21. The van der Waals surface area contributed by atoms with Gasteiger partial charge in [-0.2, -0.15) is 0 Å². The van der Waals surface area contributed by atoms with Crippen LogP contribution in [0, 0.1) is 0 Å². The molecule has 3 nitrogen and oxygen atoms in total. The van der Waals surface area contributed by atoms with E-state index in [1.807, 2.05) is 6.08 Å². The first-order chi connectivity index (χ1) is 12.2. The molecule has 0 aliphatic carbocycles. The first kappa shape index (κ1) is 24.2. The zero-order chi connectivity index (χ0) is 18.6. The second-order valence-corrected chi connectivity index (χ2v) is 7.07. The van der Waals surface area contributed by atoms with E-state index in [9.17, 15) is 4.79 Å². The third kappa shape index (κ3) is 17.8. The van der Waals surface area contributed by atoms with E-state index in [1.54, 1.807) is 0 Å². The lowest BCUT2D eigenvalue weighted by molar-refractivity contribution is -0.143. The van der Waals surface area contributed by atoms with Gasteiger partial charge in [0.1, 0.15) is 0 Å². The van der Waals surface area contributed by atoms with Gasteiger partial charge in [-0.25, -0.2) is 0 Å². The average Bonchev–Trinajstić information content (AvgIpc) is 2.62. The quantitative estimate of drug-likeness (QED) is 0.159. The average molecular weight is 354 g/mol. The molecule has 0 aliphatic rings. The smallest absolute Gasteiger partial charge is 0.305 e. The molecule has 0 saturated carbocycles. The van der Waals surface area contributed by atoms with Crippen molar-refractivity contribution >= 4 is 5.97 Å². The van der Waals surface area contributed by atoms with Crippen molar-refractivity contribution < 1.29 is 9.53 Å². The van der Waals surface area contributed by atoms with E-state index in [2.05, 4.69) is 25.3 Å². The number of hydrogen-bond donors (Lipinski definition) is 0. The standard InChI is InChI=1S/C22H43NO2/c1-4-7-10-11-12-13-14-19-23(18-9-6-3)20-16-17-22(24)25-21-15-8-5-2/h6H,3-5,7-21H2,1-2H3. The molecular weight excluding hydrogens is 310 g/mol. The van der Waals surface area contributed by atoms with Gasteiger partial charge < -0.3 is 9.64 Å². The molecule has 0 aromatic heterocycles. The van der Waals surface area contributed by atoms with Gasteiger partial charge >= 0.3 is 5.97 Å². The van der Waals surface area contributed by atoms with Crippen molar-refractivity contribution in [2.45, 2.75) is 97.3 Å². The summed E-state index contributed by atoms with van der Waals surface area (Å²) in [5, 5.41) is 0.